The van der Waals surface area contributed by atoms with Gasteiger partial charge >= 0.3 is 11.9 Å². The standard InChI is InChI=1S/C56H113N3O8/c1-5-9-13-29-37-57(38-30-14-10-6-2)44-48-64-51-53-66-55(61)35-27-23-19-17-21-25-33-41-59(43-47-63-50-46-60)42-34-26-22-18-20-24-28-36-56(62)67-54-52-65-49-45-58(39-31-15-11-7-3)40-32-16-12-8-4/h60H,5-54H2,1-4H3. The van der Waals surface area contributed by atoms with Crippen LogP contribution in [0.5, 0.6) is 0 Å². The molecule has 400 valence electrons. The zero-order valence-corrected chi connectivity index (χ0v) is 45.0. The number of ether oxygens (including phenoxy) is 5. The van der Waals surface area contributed by atoms with Crippen molar-refractivity contribution in [3.05, 3.63) is 0 Å². The first-order valence-corrected chi connectivity index (χ1v) is 28.8. The maximum absolute atomic E-state index is 12.2. The van der Waals surface area contributed by atoms with Gasteiger partial charge in [-0.15, -0.1) is 0 Å². The summed E-state index contributed by atoms with van der Waals surface area (Å²) in [6.45, 7) is 22.9. The Labute approximate surface area is 415 Å². The van der Waals surface area contributed by atoms with Gasteiger partial charge in [0.15, 0.2) is 0 Å². The van der Waals surface area contributed by atoms with E-state index in [0.29, 0.717) is 65.7 Å². The summed E-state index contributed by atoms with van der Waals surface area (Å²) in [7, 11) is 0. The molecule has 0 aromatic carbocycles. The minimum Gasteiger partial charge on any atom is -0.463 e. The topological polar surface area (TPSA) is 110 Å². The third-order valence-corrected chi connectivity index (χ3v) is 12.9. The van der Waals surface area contributed by atoms with Crippen molar-refractivity contribution in [2.45, 2.75) is 233 Å². The predicted molar refractivity (Wildman–Crippen MR) is 281 cm³/mol. The summed E-state index contributed by atoms with van der Waals surface area (Å²) in [6, 6.07) is 0. The number of nitrogens with zero attached hydrogens (tertiary/aromatic N) is 3. The van der Waals surface area contributed by atoms with Gasteiger partial charge in [-0.1, -0.05) is 169 Å². The Kier molecular flexibility index (Phi) is 54.5. The Morgan fingerprint density at radius 1 is 0.299 bits per heavy atom. The van der Waals surface area contributed by atoms with Crippen molar-refractivity contribution >= 4 is 11.9 Å². The van der Waals surface area contributed by atoms with Crippen molar-refractivity contribution in [3.8, 4) is 0 Å². The summed E-state index contributed by atoms with van der Waals surface area (Å²) in [4.78, 5) is 32.1. The van der Waals surface area contributed by atoms with Crippen LogP contribution < -0.4 is 0 Å². The summed E-state index contributed by atoms with van der Waals surface area (Å²) in [5.41, 5.74) is 0. The molecule has 0 radical (unpaired) electrons. The molecule has 0 heterocycles. The highest BCUT2D eigenvalue weighted by molar-refractivity contribution is 5.69. The molecule has 0 amide bonds. The molecular formula is C56H113N3O8. The van der Waals surface area contributed by atoms with Gasteiger partial charge in [0.2, 0.25) is 0 Å². The number of carbonyl (C=O) groups excluding carboxylic acids is 2. The van der Waals surface area contributed by atoms with Crippen LogP contribution in [0.1, 0.15) is 233 Å². The quantitative estimate of drug-likeness (QED) is 0.0465. The number of carbonyl (C=O) groups is 2. The van der Waals surface area contributed by atoms with Crippen molar-refractivity contribution in [1.82, 2.24) is 14.7 Å². The van der Waals surface area contributed by atoms with Gasteiger partial charge in [-0.05, 0) is 90.6 Å². The van der Waals surface area contributed by atoms with E-state index in [1.54, 1.807) is 0 Å². The number of hydrogen-bond acceptors (Lipinski definition) is 11. The molecule has 0 spiro atoms. The highest BCUT2D eigenvalue weighted by Gasteiger charge is 2.10. The number of aliphatic hydroxyl groups excluding tert-OH is 1. The SMILES string of the molecule is CCCCCCN(CCCCCC)CCOCCOC(=O)CCCCCCCCCN(CCCCCCCCCC(=O)OCCOCCN(CCCCCC)CCCCCC)CCOCCO. The second-order valence-electron chi connectivity index (χ2n) is 19.2. The Morgan fingerprint density at radius 2 is 0.552 bits per heavy atom. The summed E-state index contributed by atoms with van der Waals surface area (Å²) in [5, 5.41) is 9.11. The van der Waals surface area contributed by atoms with E-state index >= 15 is 0 Å². The fourth-order valence-electron chi connectivity index (χ4n) is 8.56. The maximum Gasteiger partial charge on any atom is 0.305 e. The average Bonchev–Trinajstić information content (AvgIpc) is 3.33. The molecule has 11 heteroatoms. The van der Waals surface area contributed by atoms with Crippen molar-refractivity contribution in [3.63, 3.8) is 0 Å². The van der Waals surface area contributed by atoms with E-state index in [4.69, 9.17) is 28.8 Å². The molecule has 0 saturated carbocycles. The lowest BCUT2D eigenvalue weighted by Crippen LogP contribution is -2.30. The van der Waals surface area contributed by atoms with Crippen LogP contribution in [0.25, 0.3) is 0 Å². The van der Waals surface area contributed by atoms with E-state index in [1.807, 2.05) is 0 Å². The molecule has 0 aromatic heterocycles. The van der Waals surface area contributed by atoms with E-state index in [1.165, 1.54) is 167 Å². The number of esters is 2. The van der Waals surface area contributed by atoms with Crippen LogP contribution in [0.4, 0.5) is 0 Å². The maximum atomic E-state index is 12.2. The highest BCUT2D eigenvalue weighted by Crippen LogP contribution is 2.13. The van der Waals surface area contributed by atoms with Crippen LogP contribution in [0.2, 0.25) is 0 Å². The van der Waals surface area contributed by atoms with Crippen LogP contribution in [-0.4, -0.2) is 150 Å². The van der Waals surface area contributed by atoms with Crippen molar-refractivity contribution in [2.24, 2.45) is 0 Å². The van der Waals surface area contributed by atoms with E-state index in [0.717, 1.165) is 84.6 Å². The summed E-state index contributed by atoms with van der Waals surface area (Å²) in [5.74, 6) is -0.194. The smallest absolute Gasteiger partial charge is 0.305 e. The van der Waals surface area contributed by atoms with Gasteiger partial charge in [0, 0.05) is 32.5 Å². The lowest BCUT2D eigenvalue weighted by molar-refractivity contribution is -0.146. The van der Waals surface area contributed by atoms with Gasteiger partial charge in [0.05, 0.1) is 46.2 Å². The minimum absolute atomic E-state index is 0.0714. The second-order valence-corrected chi connectivity index (χ2v) is 19.2. The van der Waals surface area contributed by atoms with E-state index in [-0.39, 0.29) is 18.5 Å². The van der Waals surface area contributed by atoms with Gasteiger partial charge in [0.1, 0.15) is 13.2 Å². The Morgan fingerprint density at radius 3 is 0.836 bits per heavy atom. The number of hydrogen-bond donors (Lipinski definition) is 1. The lowest BCUT2D eigenvalue weighted by atomic mass is 10.1. The lowest BCUT2D eigenvalue weighted by Gasteiger charge is -2.22. The molecule has 0 aliphatic carbocycles. The van der Waals surface area contributed by atoms with Crippen molar-refractivity contribution in [2.75, 3.05) is 118 Å². The molecular weight excluding hydrogens is 843 g/mol. The summed E-state index contributed by atoms with van der Waals surface area (Å²) in [6.07, 6.45) is 37.7. The van der Waals surface area contributed by atoms with Crippen LogP contribution in [-0.2, 0) is 33.3 Å². The molecule has 67 heavy (non-hydrogen) atoms. The number of unbranched alkanes of at least 4 members (excludes halogenated alkanes) is 24. The fraction of sp³-hybridized carbons (Fsp3) is 0.964. The largest absolute Gasteiger partial charge is 0.463 e. The first-order chi connectivity index (χ1) is 33.0. The van der Waals surface area contributed by atoms with E-state index in [2.05, 4.69) is 42.4 Å². The van der Waals surface area contributed by atoms with Crippen LogP contribution >= 0.6 is 0 Å². The van der Waals surface area contributed by atoms with Crippen LogP contribution in [0.15, 0.2) is 0 Å². The van der Waals surface area contributed by atoms with Crippen LogP contribution in [0.3, 0.4) is 0 Å². The Bertz CT molecular complexity index is 900. The molecule has 0 saturated heterocycles. The molecule has 11 nitrogen and oxygen atoms in total. The molecule has 0 aliphatic heterocycles. The predicted octanol–water partition coefficient (Wildman–Crippen LogP) is 12.6. The van der Waals surface area contributed by atoms with Gasteiger partial charge < -0.3 is 43.5 Å². The Hall–Kier alpha value is -1.34. The molecule has 0 bridgehead atoms. The summed E-state index contributed by atoms with van der Waals surface area (Å²) < 4.78 is 28.2. The monoisotopic (exact) mass is 956 g/mol. The molecule has 0 aliphatic rings. The van der Waals surface area contributed by atoms with Crippen molar-refractivity contribution in [1.29, 1.82) is 0 Å². The molecule has 0 atom stereocenters. The van der Waals surface area contributed by atoms with Gasteiger partial charge in [-0.25, -0.2) is 0 Å². The number of aliphatic hydroxyl groups is 1. The first-order valence-electron chi connectivity index (χ1n) is 28.8. The third kappa shape index (κ3) is 50.8. The fourth-order valence-corrected chi connectivity index (χ4v) is 8.56. The van der Waals surface area contributed by atoms with Gasteiger partial charge in [0.25, 0.3) is 0 Å². The van der Waals surface area contributed by atoms with Crippen LogP contribution in [0, 0.1) is 0 Å². The highest BCUT2D eigenvalue weighted by atomic mass is 16.6. The number of rotatable bonds is 57. The normalized spacial score (nSPS) is 11.8. The molecule has 0 rings (SSSR count). The van der Waals surface area contributed by atoms with Gasteiger partial charge in [-0.2, -0.15) is 0 Å². The second kappa shape index (κ2) is 55.6. The third-order valence-electron chi connectivity index (χ3n) is 12.9. The van der Waals surface area contributed by atoms with Crippen molar-refractivity contribution < 1.29 is 38.4 Å². The zero-order valence-electron chi connectivity index (χ0n) is 45.0. The first kappa shape index (κ1) is 65.7. The molecule has 0 aromatic rings. The summed E-state index contributed by atoms with van der Waals surface area (Å²) >= 11 is 0. The Balaban J connectivity index is 3.94. The minimum atomic E-state index is -0.0970. The van der Waals surface area contributed by atoms with E-state index in [9.17, 15) is 9.59 Å². The van der Waals surface area contributed by atoms with Gasteiger partial charge in [-0.3, -0.25) is 9.59 Å². The molecule has 0 fully saturated rings. The average molecular weight is 957 g/mol. The van der Waals surface area contributed by atoms with E-state index < -0.39 is 0 Å². The molecule has 1 N–H and O–H groups in total. The molecule has 0 unspecified atom stereocenters. The zero-order chi connectivity index (χ0) is 48.8.